The van der Waals surface area contributed by atoms with Gasteiger partial charge in [0.15, 0.2) is 0 Å². The number of imidazole rings is 1. The van der Waals surface area contributed by atoms with Crippen LogP contribution in [0.3, 0.4) is 0 Å². The number of nitrogens with one attached hydrogen (secondary N) is 1. The molecule has 0 unspecified atom stereocenters. The van der Waals surface area contributed by atoms with Crippen molar-refractivity contribution in [3.05, 3.63) is 63.5 Å². The molecule has 1 N–H and O–H groups in total. The first-order chi connectivity index (χ1) is 11.5. The predicted molar refractivity (Wildman–Crippen MR) is 90.5 cm³/mol. The number of rotatable bonds is 5. The van der Waals surface area contributed by atoms with E-state index in [0.29, 0.717) is 30.1 Å². The van der Waals surface area contributed by atoms with Crippen LogP contribution in [0.15, 0.2) is 36.4 Å². The quantitative estimate of drug-likeness (QED) is 0.567. The van der Waals surface area contributed by atoms with Crippen molar-refractivity contribution in [2.24, 2.45) is 0 Å². The summed E-state index contributed by atoms with van der Waals surface area (Å²) < 4.78 is 15.3. The van der Waals surface area contributed by atoms with Crippen molar-refractivity contribution < 1.29 is 9.31 Å². The fraction of sp³-hybridized carbons (Fsp3) is 0.235. The third-order valence-electron chi connectivity index (χ3n) is 3.95. The first kappa shape index (κ1) is 15.9. The Morgan fingerprint density at radius 3 is 2.79 bits per heavy atom. The molecule has 0 aliphatic heterocycles. The molecule has 1 heterocycles. The Morgan fingerprint density at radius 1 is 1.29 bits per heavy atom. The smallest absolute Gasteiger partial charge is 0.272 e. The Balaban J connectivity index is 1.88. The summed E-state index contributed by atoms with van der Waals surface area (Å²) in [7, 11) is 0. The minimum atomic E-state index is -0.386. The Labute approximate surface area is 138 Å². The van der Waals surface area contributed by atoms with E-state index in [9.17, 15) is 14.5 Å². The molecule has 0 aliphatic rings. The molecular formula is C17H17FN4O2. The van der Waals surface area contributed by atoms with Crippen LogP contribution in [0.4, 0.5) is 16.0 Å². The molecule has 0 spiro atoms. The molecule has 3 aromatic rings. The van der Waals surface area contributed by atoms with E-state index in [1.165, 1.54) is 12.1 Å². The van der Waals surface area contributed by atoms with Crippen LogP contribution in [0.1, 0.15) is 18.1 Å². The van der Waals surface area contributed by atoms with E-state index in [-0.39, 0.29) is 16.4 Å². The zero-order valence-electron chi connectivity index (χ0n) is 13.4. The summed E-state index contributed by atoms with van der Waals surface area (Å²) in [4.78, 5) is 15.1. The van der Waals surface area contributed by atoms with Gasteiger partial charge in [-0.2, -0.15) is 0 Å². The van der Waals surface area contributed by atoms with Gasteiger partial charge in [0.05, 0.1) is 16.0 Å². The maximum absolute atomic E-state index is 13.4. The molecule has 24 heavy (non-hydrogen) atoms. The Kier molecular flexibility index (Phi) is 4.16. The van der Waals surface area contributed by atoms with E-state index >= 15 is 0 Å². The monoisotopic (exact) mass is 328 g/mol. The molecule has 0 bridgehead atoms. The summed E-state index contributed by atoms with van der Waals surface area (Å²) >= 11 is 0. The van der Waals surface area contributed by atoms with Crippen molar-refractivity contribution in [2.45, 2.75) is 26.9 Å². The molecule has 0 aliphatic carbocycles. The zero-order valence-corrected chi connectivity index (χ0v) is 13.4. The van der Waals surface area contributed by atoms with Crippen molar-refractivity contribution in [2.75, 3.05) is 5.32 Å². The number of aromatic nitrogens is 2. The highest BCUT2D eigenvalue weighted by atomic mass is 19.1. The predicted octanol–water partition coefficient (Wildman–Crippen LogP) is 4.02. The number of hydrogen-bond acceptors (Lipinski definition) is 4. The van der Waals surface area contributed by atoms with Crippen LogP contribution in [-0.2, 0) is 13.1 Å². The van der Waals surface area contributed by atoms with Gasteiger partial charge in [0.25, 0.3) is 5.69 Å². The average Bonchev–Trinajstić information content (AvgIpc) is 2.90. The van der Waals surface area contributed by atoms with Crippen LogP contribution >= 0.6 is 0 Å². The Hall–Kier alpha value is -2.96. The number of anilines is 1. The summed E-state index contributed by atoms with van der Waals surface area (Å²) in [6.45, 7) is 4.76. The maximum atomic E-state index is 13.4. The van der Waals surface area contributed by atoms with Crippen LogP contribution in [0.5, 0.6) is 0 Å². The molecule has 0 amide bonds. The number of nitrogens with zero attached hydrogens (tertiary/aromatic N) is 3. The molecule has 1 aromatic heterocycles. The van der Waals surface area contributed by atoms with Gasteiger partial charge in [-0.05, 0) is 31.5 Å². The summed E-state index contributed by atoms with van der Waals surface area (Å²) in [5, 5.41) is 14.2. The second-order valence-electron chi connectivity index (χ2n) is 5.54. The van der Waals surface area contributed by atoms with Gasteiger partial charge < -0.3 is 9.88 Å². The number of benzene rings is 2. The molecule has 0 saturated heterocycles. The number of halogens is 1. The molecule has 0 fully saturated rings. The third-order valence-corrected chi connectivity index (χ3v) is 3.95. The molecule has 2 aromatic carbocycles. The lowest BCUT2D eigenvalue weighted by Crippen LogP contribution is -2.07. The SMILES string of the molecule is CCn1c(NCc2ccc(C)c([N+](=O)[O-])c2)nc2cc(F)ccc21. The second-order valence-corrected chi connectivity index (χ2v) is 5.54. The highest BCUT2D eigenvalue weighted by molar-refractivity contribution is 5.78. The van der Waals surface area contributed by atoms with Crippen molar-refractivity contribution in [3.8, 4) is 0 Å². The van der Waals surface area contributed by atoms with Crippen LogP contribution < -0.4 is 5.32 Å². The lowest BCUT2D eigenvalue weighted by Gasteiger charge is -2.09. The first-order valence-electron chi connectivity index (χ1n) is 7.63. The average molecular weight is 328 g/mol. The van der Waals surface area contributed by atoms with Gasteiger partial charge in [0.2, 0.25) is 5.95 Å². The highest BCUT2D eigenvalue weighted by Crippen LogP contribution is 2.23. The van der Waals surface area contributed by atoms with Gasteiger partial charge >= 0.3 is 0 Å². The lowest BCUT2D eigenvalue weighted by molar-refractivity contribution is -0.385. The van der Waals surface area contributed by atoms with E-state index in [1.54, 1.807) is 25.1 Å². The minimum absolute atomic E-state index is 0.0976. The molecule has 0 saturated carbocycles. The van der Waals surface area contributed by atoms with Crippen molar-refractivity contribution in [1.29, 1.82) is 0 Å². The van der Waals surface area contributed by atoms with Crippen molar-refractivity contribution >= 4 is 22.7 Å². The number of fused-ring (bicyclic) bond motifs is 1. The number of aryl methyl sites for hydroxylation is 2. The summed E-state index contributed by atoms with van der Waals surface area (Å²) in [6.07, 6.45) is 0. The molecule has 6 nitrogen and oxygen atoms in total. The van der Waals surface area contributed by atoms with Crippen LogP contribution in [0.2, 0.25) is 0 Å². The van der Waals surface area contributed by atoms with Gasteiger partial charge in [-0.3, -0.25) is 10.1 Å². The zero-order chi connectivity index (χ0) is 17.3. The van der Waals surface area contributed by atoms with Crippen LogP contribution in [0, 0.1) is 22.9 Å². The Morgan fingerprint density at radius 2 is 2.08 bits per heavy atom. The van der Waals surface area contributed by atoms with Crippen LogP contribution in [0.25, 0.3) is 11.0 Å². The standard InChI is InChI=1S/C17H17FN4O2/c1-3-21-15-7-6-13(18)9-14(15)20-17(21)19-10-12-5-4-11(2)16(8-12)22(23)24/h4-9H,3,10H2,1-2H3,(H,19,20). The number of hydrogen-bond donors (Lipinski definition) is 1. The first-order valence-corrected chi connectivity index (χ1v) is 7.63. The fourth-order valence-corrected chi connectivity index (χ4v) is 2.70. The van der Waals surface area contributed by atoms with Crippen molar-refractivity contribution in [3.63, 3.8) is 0 Å². The van der Waals surface area contributed by atoms with E-state index in [1.807, 2.05) is 17.6 Å². The number of nitro groups is 1. The number of nitro benzene ring substituents is 1. The van der Waals surface area contributed by atoms with Gasteiger partial charge in [0.1, 0.15) is 5.82 Å². The second kappa shape index (κ2) is 6.27. The van der Waals surface area contributed by atoms with Crippen molar-refractivity contribution in [1.82, 2.24) is 9.55 Å². The lowest BCUT2D eigenvalue weighted by atomic mass is 10.1. The normalized spacial score (nSPS) is 11.0. The summed E-state index contributed by atoms with van der Waals surface area (Å²) in [5.74, 6) is 0.283. The molecule has 7 heteroatoms. The van der Waals surface area contributed by atoms with Gasteiger partial charge in [-0.15, -0.1) is 0 Å². The van der Waals surface area contributed by atoms with E-state index < -0.39 is 0 Å². The van der Waals surface area contributed by atoms with E-state index in [2.05, 4.69) is 10.3 Å². The van der Waals surface area contributed by atoms with Gasteiger partial charge in [0, 0.05) is 30.8 Å². The molecule has 3 rings (SSSR count). The third kappa shape index (κ3) is 2.92. The van der Waals surface area contributed by atoms with Gasteiger partial charge in [-0.1, -0.05) is 12.1 Å². The summed E-state index contributed by atoms with van der Waals surface area (Å²) in [6, 6.07) is 9.62. The highest BCUT2D eigenvalue weighted by Gasteiger charge is 2.13. The van der Waals surface area contributed by atoms with Gasteiger partial charge in [-0.25, -0.2) is 9.37 Å². The van der Waals surface area contributed by atoms with E-state index in [4.69, 9.17) is 0 Å². The topological polar surface area (TPSA) is 73.0 Å². The molecule has 0 atom stereocenters. The molecule has 124 valence electrons. The van der Waals surface area contributed by atoms with E-state index in [0.717, 1.165) is 11.1 Å². The summed E-state index contributed by atoms with van der Waals surface area (Å²) in [5.41, 5.74) is 2.93. The molecular weight excluding hydrogens is 311 g/mol. The maximum Gasteiger partial charge on any atom is 0.272 e. The molecule has 0 radical (unpaired) electrons. The fourth-order valence-electron chi connectivity index (χ4n) is 2.70. The van der Waals surface area contributed by atoms with Crippen LogP contribution in [-0.4, -0.2) is 14.5 Å². The minimum Gasteiger partial charge on any atom is -0.352 e. The largest absolute Gasteiger partial charge is 0.352 e. The Bertz CT molecular complexity index is 920.